The molecule has 6 N–H and O–H groups in total. The molecule has 0 aliphatic carbocycles. The fourth-order valence-corrected chi connectivity index (χ4v) is 1.24. The van der Waals surface area contributed by atoms with Crippen LogP contribution in [0.5, 0.6) is 0 Å². The molecule has 0 unspecified atom stereocenters. The van der Waals surface area contributed by atoms with Gasteiger partial charge in [0.2, 0.25) is 0 Å². The van der Waals surface area contributed by atoms with Crippen LogP contribution in [-0.4, -0.2) is 0 Å². The lowest BCUT2D eigenvalue weighted by molar-refractivity contribution is 0.593. The fourth-order valence-electron chi connectivity index (χ4n) is 1.24. The fraction of sp³-hybridized carbons (Fsp3) is 0.333. The van der Waals surface area contributed by atoms with E-state index in [1.165, 1.54) is 0 Å². The molecule has 0 amide bonds. The van der Waals surface area contributed by atoms with Gasteiger partial charge in [-0.3, -0.25) is 0 Å². The van der Waals surface area contributed by atoms with Crippen molar-refractivity contribution >= 4 is 0 Å². The lowest BCUT2D eigenvalue weighted by Gasteiger charge is -2.08. The maximum absolute atomic E-state index is 13.4. The monoisotopic (exact) mass is 183 g/mol. The van der Waals surface area contributed by atoms with Gasteiger partial charge < -0.3 is 17.2 Å². The lowest BCUT2D eigenvalue weighted by Crippen LogP contribution is -2.09. The van der Waals surface area contributed by atoms with Gasteiger partial charge in [0.25, 0.3) is 0 Å². The summed E-state index contributed by atoms with van der Waals surface area (Å²) in [5.74, 6) is -0.304. The van der Waals surface area contributed by atoms with Crippen LogP contribution in [0.4, 0.5) is 4.39 Å². The predicted molar refractivity (Wildman–Crippen MR) is 50.1 cm³/mol. The second-order valence-corrected chi connectivity index (χ2v) is 2.84. The van der Waals surface area contributed by atoms with E-state index in [1.54, 1.807) is 12.1 Å². The Morgan fingerprint density at radius 3 is 1.69 bits per heavy atom. The van der Waals surface area contributed by atoms with Crippen LogP contribution in [-0.2, 0) is 19.6 Å². The summed E-state index contributed by atoms with van der Waals surface area (Å²) >= 11 is 0. The van der Waals surface area contributed by atoms with Crippen molar-refractivity contribution in [2.24, 2.45) is 17.2 Å². The van der Waals surface area contributed by atoms with Crippen LogP contribution in [0, 0.1) is 5.82 Å². The van der Waals surface area contributed by atoms with Gasteiger partial charge in [-0.25, -0.2) is 4.39 Å². The molecule has 3 nitrogen and oxygen atoms in total. The molecule has 0 fully saturated rings. The van der Waals surface area contributed by atoms with Crippen molar-refractivity contribution in [3.8, 4) is 0 Å². The Morgan fingerprint density at radius 2 is 1.38 bits per heavy atom. The first-order valence-corrected chi connectivity index (χ1v) is 4.13. The van der Waals surface area contributed by atoms with E-state index in [1.807, 2.05) is 0 Å². The Hall–Kier alpha value is -0.970. The Kier molecular flexibility index (Phi) is 3.36. The van der Waals surface area contributed by atoms with Gasteiger partial charge in [0.05, 0.1) is 0 Å². The number of benzene rings is 1. The molecule has 4 heteroatoms. The van der Waals surface area contributed by atoms with Crippen LogP contribution in [0.3, 0.4) is 0 Å². The molecule has 0 heterocycles. The molecule has 1 rings (SSSR count). The highest BCUT2D eigenvalue weighted by atomic mass is 19.1. The second-order valence-electron chi connectivity index (χ2n) is 2.84. The smallest absolute Gasteiger partial charge is 0.132 e. The predicted octanol–water partition coefficient (Wildman–Crippen LogP) is 0.202. The molecule has 1 aromatic rings. The molecule has 0 saturated heterocycles. The normalized spacial score (nSPS) is 10.5. The first-order chi connectivity index (χ1) is 6.22. The summed E-state index contributed by atoms with van der Waals surface area (Å²) < 4.78 is 13.4. The third-order valence-electron chi connectivity index (χ3n) is 1.96. The van der Waals surface area contributed by atoms with E-state index >= 15 is 0 Å². The maximum Gasteiger partial charge on any atom is 0.132 e. The van der Waals surface area contributed by atoms with Crippen molar-refractivity contribution in [2.75, 3.05) is 0 Å². The zero-order chi connectivity index (χ0) is 9.84. The van der Waals surface area contributed by atoms with Gasteiger partial charge in [-0.2, -0.15) is 0 Å². The number of hydrogen-bond donors (Lipinski definition) is 3. The Morgan fingerprint density at radius 1 is 0.923 bits per heavy atom. The van der Waals surface area contributed by atoms with Gasteiger partial charge >= 0.3 is 0 Å². The zero-order valence-electron chi connectivity index (χ0n) is 7.39. The van der Waals surface area contributed by atoms with E-state index in [2.05, 4.69) is 0 Å². The summed E-state index contributed by atoms with van der Waals surface area (Å²) in [6, 6.07) is 3.35. The van der Waals surface area contributed by atoms with E-state index in [-0.39, 0.29) is 18.9 Å². The third-order valence-corrected chi connectivity index (χ3v) is 1.96. The van der Waals surface area contributed by atoms with Crippen molar-refractivity contribution in [1.82, 2.24) is 0 Å². The third kappa shape index (κ3) is 2.03. The minimum absolute atomic E-state index is 0.173. The van der Waals surface area contributed by atoms with E-state index < -0.39 is 0 Å². The van der Waals surface area contributed by atoms with Crippen molar-refractivity contribution in [3.63, 3.8) is 0 Å². The van der Waals surface area contributed by atoms with E-state index in [0.717, 1.165) is 5.56 Å². The zero-order valence-corrected chi connectivity index (χ0v) is 7.39. The molecule has 0 saturated carbocycles. The largest absolute Gasteiger partial charge is 0.326 e. The molecular formula is C9H14FN3. The van der Waals surface area contributed by atoms with E-state index in [9.17, 15) is 4.39 Å². The molecule has 0 spiro atoms. The summed E-state index contributed by atoms with van der Waals surface area (Å²) in [5.41, 5.74) is 18.0. The Bertz CT molecular complexity index is 274. The summed E-state index contributed by atoms with van der Waals surface area (Å²) in [6.07, 6.45) is 0. The van der Waals surface area contributed by atoms with Crippen molar-refractivity contribution < 1.29 is 4.39 Å². The summed E-state index contributed by atoms with van der Waals surface area (Å²) in [5, 5.41) is 0. The van der Waals surface area contributed by atoms with Crippen molar-refractivity contribution in [2.45, 2.75) is 19.6 Å². The number of halogens is 1. The molecule has 1 aromatic carbocycles. The Labute approximate surface area is 76.7 Å². The van der Waals surface area contributed by atoms with Gasteiger partial charge in [-0.05, 0) is 5.56 Å². The van der Waals surface area contributed by atoms with Crippen molar-refractivity contribution in [3.05, 3.63) is 34.6 Å². The Balaban J connectivity index is 3.20. The van der Waals surface area contributed by atoms with Crippen LogP contribution in [0.25, 0.3) is 0 Å². The van der Waals surface area contributed by atoms with Gasteiger partial charge in [-0.15, -0.1) is 0 Å². The molecule has 0 atom stereocenters. The molecule has 72 valence electrons. The molecule has 0 aromatic heterocycles. The highest BCUT2D eigenvalue weighted by molar-refractivity contribution is 5.31. The maximum atomic E-state index is 13.4. The highest BCUT2D eigenvalue weighted by Crippen LogP contribution is 2.15. The molecular weight excluding hydrogens is 169 g/mol. The van der Waals surface area contributed by atoms with Gasteiger partial charge in [0.15, 0.2) is 0 Å². The average Bonchev–Trinajstić information content (AvgIpc) is 2.18. The molecule has 0 aliphatic rings. The molecule has 13 heavy (non-hydrogen) atoms. The second kappa shape index (κ2) is 4.32. The van der Waals surface area contributed by atoms with Crippen LogP contribution in [0.15, 0.2) is 12.1 Å². The molecule has 0 bridgehead atoms. The van der Waals surface area contributed by atoms with Crippen LogP contribution >= 0.6 is 0 Å². The van der Waals surface area contributed by atoms with E-state index in [0.29, 0.717) is 17.7 Å². The summed E-state index contributed by atoms with van der Waals surface area (Å²) in [7, 11) is 0. The summed E-state index contributed by atoms with van der Waals surface area (Å²) in [4.78, 5) is 0. The summed E-state index contributed by atoms with van der Waals surface area (Å²) in [6.45, 7) is 0.722. The van der Waals surface area contributed by atoms with Gasteiger partial charge in [-0.1, -0.05) is 12.1 Å². The average molecular weight is 183 g/mol. The minimum atomic E-state index is -0.304. The topological polar surface area (TPSA) is 78.1 Å². The van der Waals surface area contributed by atoms with E-state index in [4.69, 9.17) is 17.2 Å². The number of hydrogen-bond acceptors (Lipinski definition) is 3. The van der Waals surface area contributed by atoms with Crippen LogP contribution < -0.4 is 17.2 Å². The molecule has 0 aliphatic heterocycles. The highest BCUT2D eigenvalue weighted by Gasteiger charge is 2.07. The first-order valence-electron chi connectivity index (χ1n) is 4.13. The van der Waals surface area contributed by atoms with Crippen molar-refractivity contribution in [1.29, 1.82) is 0 Å². The standard InChI is InChI=1S/C9H14FN3/c10-9-7(4-12)1-6(3-11)2-8(9)5-13/h1-2H,3-5,11-13H2. The van der Waals surface area contributed by atoms with Gasteiger partial charge in [0, 0.05) is 30.8 Å². The van der Waals surface area contributed by atoms with Crippen LogP contribution in [0.2, 0.25) is 0 Å². The quantitative estimate of drug-likeness (QED) is 0.626. The first kappa shape index (κ1) is 10.1. The van der Waals surface area contributed by atoms with Crippen LogP contribution in [0.1, 0.15) is 16.7 Å². The minimum Gasteiger partial charge on any atom is -0.326 e. The molecule has 0 radical (unpaired) electrons. The number of rotatable bonds is 3. The lowest BCUT2D eigenvalue weighted by atomic mass is 10.0. The number of nitrogens with two attached hydrogens (primary N) is 3. The SMILES string of the molecule is NCc1cc(CN)c(F)c(CN)c1. The van der Waals surface area contributed by atoms with Gasteiger partial charge in [0.1, 0.15) is 5.82 Å².